The van der Waals surface area contributed by atoms with E-state index in [0.29, 0.717) is 18.6 Å². The fourth-order valence-electron chi connectivity index (χ4n) is 2.86. The molecule has 1 aliphatic carbocycles. The molecule has 6 heteroatoms. The standard InChI is InChI=1S/C15H17F2NO3/c1-15(2)5-3-4-9(15)13(19)18-12-7-11(17)10(16)6-8(12)14(20)21/h6-7,9H,3-5H2,1-2H3,(H,18,19)(H,20,21). The highest BCUT2D eigenvalue weighted by atomic mass is 19.2. The molecular formula is C15H17F2NO3. The smallest absolute Gasteiger partial charge is 0.337 e. The van der Waals surface area contributed by atoms with Gasteiger partial charge in [-0.2, -0.15) is 0 Å². The molecule has 0 saturated heterocycles. The molecule has 1 atom stereocenters. The van der Waals surface area contributed by atoms with Crippen LogP contribution in [0, 0.1) is 23.0 Å². The molecule has 114 valence electrons. The molecule has 21 heavy (non-hydrogen) atoms. The van der Waals surface area contributed by atoms with Crippen LogP contribution in [0.5, 0.6) is 0 Å². The van der Waals surface area contributed by atoms with Crippen LogP contribution >= 0.6 is 0 Å². The molecule has 2 rings (SSSR count). The fraction of sp³-hybridized carbons (Fsp3) is 0.467. The van der Waals surface area contributed by atoms with Crippen molar-refractivity contribution in [2.75, 3.05) is 5.32 Å². The van der Waals surface area contributed by atoms with Gasteiger partial charge in [0.05, 0.1) is 11.3 Å². The van der Waals surface area contributed by atoms with Crippen molar-refractivity contribution in [2.45, 2.75) is 33.1 Å². The topological polar surface area (TPSA) is 66.4 Å². The molecule has 1 amide bonds. The summed E-state index contributed by atoms with van der Waals surface area (Å²) in [7, 11) is 0. The van der Waals surface area contributed by atoms with Crippen molar-refractivity contribution < 1.29 is 23.5 Å². The van der Waals surface area contributed by atoms with Crippen molar-refractivity contribution in [3.63, 3.8) is 0 Å². The monoisotopic (exact) mass is 297 g/mol. The number of hydrogen-bond donors (Lipinski definition) is 2. The van der Waals surface area contributed by atoms with E-state index in [1.807, 2.05) is 13.8 Å². The Kier molecular flexibility index (Phi) is 3.98. The molecule has 1 saturated carbocycles. The van der Waals surface area contributed by atoms with Gasteiger partial charge in [-0.05, 0) is 24.3 Å². The number of hydrogen-bond acceptors (Lipinski definition) is 2. The number of benzene rings is 1. The number of carbonyl (C=O) groups excluding carboxylic acids is 1. The number of nitrogens with one attached hydrogen (secondary N) is 1. The van der Waals surface area contributed by atoms with Crippen LogP contribution in [0.2, 0.25) is 0 Å². The molecule has 2 N–H and O–H groups in total. The third kappa shape index (κ3) is 3.04. The minimum absolute atomic E-state index is 0.188. The predicted octanol–water partition coefficient (Wildman–Crippen LogP) is 3.43. The van der Waals surface area contributed by atoms with E-state index in [-0.39, 0.29) is 22.9 Å². The van der Waals surface area contributed by atoms with Crippen molar-refractivity contribution in [2.24, 2.45) is 11.3 Å². The van der Waals surface area contributed by atoms with Crippen LogP contribution in [0.4, 0.5) is 14.5 Å². The minimum Gasteiger partial charge on any atom is -0.478 e. The highest BCUT2D eigenvalue weighted by Gasteiger charge is 2.39. The number of halogens is 2. The minimum atomic E-state index is -1.42. The Morgan fingerprint density at radius 3 is 2.43 bits per heavy atom. The summed E-state index contributed by atoms with van der Waals surface area (Å²) >= 11 is 0. The molecule has 4 nitrogen and oxygen atoms in total. The lowest BCUT2D eigenvalue weighted by Gasteiger charge is -2.26. The zero-order chi connectivity index (χ0) is 15.8. The lowest BCUT2D eigenvalue weighted by molar-refractivity contribution is -0.122. The number of rotatable bonds is 3. The Labute approximate surface area is 121 Å². The van der Waals surface area contributed by atoms with Gasteiger partial charge in [0, 0.05) is 12.0 Å². The molecule has 0 heterocycles. The van der Waals surface area contributed by atoms with Gasteiger partial charge in [-0.3, -0.25) is 4.79 Å². The first-order valence-corrected chi connectivity index (χ1v) is 6.75. The second-order valence-corrected chi connectivity index (χ2v) is 6.04. The van der Waals surface area contributed by atoms with Crippen molar-refractivity contribution in [3.8, 4) is 0 Å². The van der Waals surface area contributed by atoms with Gasteiger partial charge in [-0.25, -0.2) is 13.6 Å². The SMILES string of the molecule is CC1(C)CCCC1C(=O)Nc1cc(F)c(F)cc1C(=O)O. The largest absolute Gasteiger partial charge is 0.478 e. The summed E-state index contributed by atoms with van der Waals surface area (Å²) in [5, 5.41) is 11.5. The van der Waals surface area contributed by atoms with Gasteiger partial charge in [0.2, 0.25) is 5.91 Å². The van der Waals surface area contributed by atoms with Crippen LogP contribution in [-0.4, -0.2) is 17.0 Å². The van der Waals surface area contributed by atoms with Gasteiger partial charge in [0.25, 0.3) is 0 Å². The van der Waals surface area contributed by atoms with Crippen molar-refractivity contribution in [1.29, 1.82) is 0 Å². The van der Waals surface area contributed by atoms with Gasteiger partial charge in [0.1, 0.15) is 0 Å². The summed E-state index contributed by atoms with van der Waals surface area (Å²) in [5.41, 5.74) is -0.862. The van der Waals surface area contributed by atoms with E-state index in [1.54, 1.807) is 0 Å². The molecule has 0 radical (unpaired) electrons. The summed E-state index contributed by atoms with van der Waals surface area (Å²) in [5.74, 6) is -4.50. The zero-order valence-electron chi connectivity index (χ0n) is 11.9. The Bertz CT molecular complexity index is 599. The maximum absolute atomic E-state index is 13.3. The first-order chi connectivity index (χ1) is 9.72. The van der Waals surface area contributed by atoms with E-state index in [4.69, 9.17) is 5.11 Å². The molecule has 0 bridgehead atoms. The highest BCUT2D eigenvalue weighted by molar-refractivity contribution is 6.01. The van der Waals surface area contributed by atoms with Crippen LogP contribution in [0.3, 0.4) is 0 Å². The molecule has 1 aromatic carbocycles. The molecular weight excluding hydrogens is 280 g/mol. The van der Waals surface area contributed by atoms with Gasteiger partial charge in [-0.1, -0.05) is 20.3 Å². The summed E-state index contributed by atoms with van der Waals surface area (Å²) < 4.78 is 26.4. The van der Waals surface area contributed by atoms with Gasteiger partial charge >= 0.3 is 5.97 Å². The van der Waals surface area contributed by atoms with Gasteiger partial charge in [0.15, 0.2) is 11.6 Å². The highest BCUT2D eigenvalue weighted by Crippen LogP contribution is 2.43. The van der Waals surface area contributed by atoms with E-state index in [9.17, 15) is 18.4 Å². The Morgan fingerprint density at radius 1 is 1.29 bits per heavy atom. The number of carbonyl (C=O) groups is 2. The quantitative estimate of drug-likeness (QED) is 0.898. The molecule has 0 aliphatic heterocycles. The Morgan fingerprint density at radius 2 is 1.90 bits per heavy atom. The Hall–Kier alpha value is -1.98. The fourth-order valence-corrected chi connectivity index (χ4v) is 2.86. The van der Waals surface area contributed by atoms with Crippen molar-refractivity contribution in [1.82, 2.24) is 0 Å². The number of amides is 1. The summed E-state index contributed by atoms with van der Waals surface area (Å²) in [4.78, 5) is 23.4. The Balaban J connectivity index is 2.29. The molecule has 1 fully saturated rings. The van der Waals surface area contributed by atoms with E-state index in [0.717, 1.165) is 12.8 Å². The maximum atomic E-state index is 13.3. The van der Waals surface area contributed by atoms with Gasteiger partial charge in [-0.15, -0.1) is 0 Å². The first kappa shape index (κ1) is 15.4. The molecule has 1 unspecified atom stereocenters. The number of aromatic carboxylic acids is 1. The normalized spacial score (nSPS) is 20.3. The van der Waals surface area contributed by atoms with E-state index < -0.39 is 23.2 Å². The lowest BCUT2D eigenvalue weighted by Crippen LogP contribution is -2.31. The number of anilines is 1. The first-order valence-electron chi connectivity index (χ1n) is 6.75. The average Bonchev–Trinajstić information content (AvgIpc) is 2.72. The van der Waals surface area contributed by atoms with E-state index in [2.05, 4.69) is 5.32 Å². The maximum Gasteiger partial charge on any atom is 0.337 e. The summed E-state index contributed by atoms with van der Waals surface area (Å²) in [6.07, 6.45) is 2.51. The summed E-state index contributed by atoms with van der Waals surface area (Å²) in [6.45, 7) is 3.93. The molecule has 1 aromatic rings. The lowest BCUT2D eigenvalue weighted by atomic mass is 9.81. The van der Waals surface area contributed by atoms with Crippen LogP contribution in [0.1, 0.15) is 43.5 Å². The molecule has 0 aromatic heterocycles. The van der Waals surface area contributed by atoms with Crippen LogP contribution in [0.15, 0.2) is 12.1 Å². The molecule has 1 aliphatic rings. The molecule has 0 spiro atoms. The van der Waals surface area contributed by atoms with E-state index in [1.165, 1.54) is 0 Å². The van der Waals surface area contributed by atoms with Crippen LogP contribution < -0.4 is 5.32 Å². The zero-order valence-corrected chi connectivity index (χ0v) is 11.9. The number of carboxylic acid groups (broad SMARTS) is 1. The van der Waals surface area contributed by atoms with E-state index >= 15 is 0 Å². The van der Waals surface area contributed by atoms with Crippen molar-refractivity contribution in [3.05, 3.63) is 29.3 Å². The van der Waals surface area contributed by atoms with Crippen LogP contribution in [-0.2, 0) is 4.79 Å². The third-order valence-electron chi connectivity index (χ3n) is 4.12. The van der Waals surface area contributed by atoms with Crippen molar-refractivity contribution >= 4 is 17.6 Å². The second kappa shape index (κ2) is 5.42. The summed E-state index contributed by atoms with van der Waals surface area (Å²) in [6, 6.07) is 1.28. The predicted molar refractivity (Wildman–Crippen MR) is 73.1 cm³/mol. The van der Waals surface area contributed by atoms with Gasteiger partial charge < -0.3 is 10.4 Å². The third-order valence-corrected chi connectivity index (χ3v) is 4.12. The number of carboxylic acids is 1. The average molecular weight is 297 g/mol. The second-order valence-electron chi connectivity index (χ2n) is 6.04. The van der Waals surface area contributed by atoms with Crippen LogP contribution in [0.25, 0.3) is 0 Å².